The second-order valence-electron chi connectivity index (χ2n) is 4.45. The van der Waals surface area contributed by atoms with Gasteiger partial charge in [0.05, 0.1) is 11.5 Å². The normalized spacial score (nSPS) is 10.7. The van der Waals surface area contributed by atoms with E-state index in [2.05, 4.69) is 22.1 Å². The fraction of sp³-hybridized carbons (Fsp3) is 0.200. The van der Waals surface area contributed by atoms with E-state index in [0.29, 0.717) is 6.61 Å². The molecule has 2 heterocycles. The number of aryl methyl sites for hydroxylation is 1. The standard InChI is InChI=1S/C15H15N3OS2/c1-11-4-6-12(7-5-11)19-8-10-21-15-16-14(17-18-15)13-3-2-9-20-13/h2-7,9H,8,10H2,1H3,(H,16,17,18). The Hall–Kier alpha value is -1.79. The van der Waals surface area contributed by atoms with E-state index in [1.165, 1.54) is 5.56 Å². The van der Waals surface area contributed by atoms with Crippen LogP contribution in [-0.4, -0.2) is 27.5 Å². The number of ether oxygens (including phenoxy) is 1. The minimum absolute atomic E-state index is 0.636. The van der Waals surface area contributed by atoms with Crippen molar-refractivity contribution in [2.45, 2.75) is 12.1 Å². The third-order valence-corrected chi connectivity index (χ3v) is 4.51. The highest BCUT2D eigenvalue weighted by molar-refractivity contribution is 7.99. The fourth-order valence-corrected chi connectivity index (χ4v) is 3.04. The minimum Gasteiger partial charge on any atom is -0.493 e. The van der Waals surface area contributed by atoms with Gasteiger partial charge < -0.3 is 4.74 Å². The molecule has 0 amide bonds. The Morgan fingerprint density at radius 1 is 1.24 bits per heavy atom. The van der Waals surface area contributed by atoms with Gasteiger partial charge in [-0.15, -0.1) is 16.4 Å². The van der Waals surface area contributed by atoms with Crippen molar-refractivity contribution >= 4 is 23.1 Å². The van der Waals surface area contributed by atoms with Gasteiger partial charge in [-0.3, -0.25) is 5.10 Å². The molecule has 1 aromatic carbocycles. The van der Waals surface area contributed by atoms with Gasteiger partial charge in [0.1, 0.15) is 5.75 Å². The monoisotopic (exact) mass is 317 g/mol. The van der Waals surface area contributed by atoms with Crippen molar-refractivity contribution in [1.29, 1.82) is 0 Å². The van der Waals surface area contributed by atoms with Gasteiger partial charge >= 0.3 is 0 Å². The van der Waals surface area contributed by atoms with Crippen LogP contribution in [0.4, 0.5) is 0 Å². The van der Waals surface area contributed by atoms with Crippen LogP contribution in [0.15, 0.2) is 46.9 Å². The van der Waals surface area contributed by atoms with E-state index < -0.39 is 0 Å². The number of benzene rings is 1. The summed E-state index contributed by atoms with van der Waals surface area (Å²) in [4.78, 5) is 5.56. The summed E-state index contributed by atoms with van der Waals surface area (Å²) in [7, 11) is 0. The lowest BCUT2D eigenvalue weighted by Gasteiger charge is -2.04. The van der Waals surface area contributed by atoms with Crippen molar-refractivity contribution in [1.82, 2.24) is 15.2 Å². The molecule has 0 saturated heterocycles. The number of hydrogen-bond acceptors (Lipinski definition) is 5. The second-order valence-corrected chi connectivity index (χ2v) is 6.46. The largest absolute Gasteiger partial charge is 0.493 e. The number of thiophene rings is 1. The summed E-state index contributed by atoms with van der Waals surface area (Å²) < 4.78 is 5.68. The molecule has 2 aromatic heterocycles. The van der Waals surface area contributed by atoms with Crippen molar-refractivity contribution in [2.75, 3.05) is 12.4 Å². The van der Waals surface area contributed by atoms with Crippen LogP contribution in [0.1, 0.15) is 5.56 Å². The quantitative estimate of drug-likeness (QED) is 0.551. The summed E-state index contributed by atoms with van der Waals surface area (Å²) in [5.74, 6) is 2.54. The Morgan fingerprint density at radius 3 is 2.86 bits per heavy atom. The van der Waals surface area contributed by atoms with E-state index in [4.69, 9.17) is 4.74 Å². The molecule has 0 spiro atoms. The number of hydrogen-bond donors (Lipinski definition) is 1. The lowest BCUT2D eigenvalue weighted by molar-refractivity contribution is 0.344. The van der Waals surface area contributed by atoms with Gasteiger partial charge in [0.25, 0.3) is 0 Å². The molecule has 0 unspecified atom stereocenters. The van der Waals surface area contributed by atoms with Crippen molar-refractivity contribution in [3.63, 3.8) is 0 Å². The summed E-state index contributed by atoms with van der Waals surface area (Å²) in [6.07, 6.45) is 0. The zero-order valence-corrected chi connectivity index (χ0v) is 13.2. The molecule has 3 aromatic rings. The number of nitrogens with zero attached hydrogens (tertiary/aromatic N) is 2. The average molecular weight is 317 g/mol. The SMILES string of the molecule is Cc1ccc(OCCSc2n[nH]c(-c3cccs3)n2)cc1. The highest BCUT2D eigenvalue weighted by Crippen LogP contribution is 2.23. The molecule has 21 heavy (non-hydrogen) atoms. The Bertz CT molecular complexity index is 677. The van der Waals surface area contributed by atoms with Crippen LogP contribution in [0.25, 0.3) is 10.7 Å². The molecule has 0 aliphatic heterocycles. The predicted octanol–water partition coefficient (Wildman–Crippen LogP) is 4.01. The van der Waals surface area contributed by atoms with Crippen molar-refractivity contribution in [3.8, 4) is 16.5 Å². The van der Waals surface area contributed by atoms with E-state index in [0.717, 1.165) is 27.4 Å². The van der Waals surface area contributed by atoms with Gasteiger partial charge in [0, 0.05) is 5.75 Å². The number of rotatable bonds is 6. The third-order valence-electron chi connectivity index (χ3n) is 2.82. The number of aromatic amines is 1. The Kier molecular flexibility index (Phi) is 4.57. The minimum atomic E-state index is 0.636. The number of thioether (sulfide) groups is 1. The first-order valence-corrected chi connectivity index (χ1v) is 8.46. The zero-order valence-electron chi connectivity index (χ0n) is 11.6. The lowest BCUT2D eigenvalue weighted by Crippen LogP contribution is -2.00. The molecule has 0 atom stereocenters. The highest BCUT2D eigenvalue weighted by Gasteiger charge is 2.06. The molecule has 108 valence electrons. The van der Waals surface area contributed by atoms with Crippen LogP contribution in [0.3, 0.4) is 0 Å². The Morgan fingerprint density at radius 2 is 2.10 bits per heavy atom. The Labute approximate surface area is 131 Å². The molecule has 0 saturated carbocycles. The van der Waals surface area contributed by atoms with E-state index in [1.54, 1.807) is 23.1 Å². The van der Waals surface area contributed by atoms with Crippen LogP contribution in [0, 0.1) is 6.92 Å². The van der Waals surface area contributed by atoms with Crippen LogP contribution in [0.2, 0.25) is 0 Å². The number of H-pyrrole nitrogens is 1. The Balaban J connectivity index is 1.46. The molecule has 0 aliphatic carbocycles. The fourth-order valence-electron chi connectivity index (χ4n) is 1.76. The van der Waals surface area contributed by atoms with Crippen molar-refractivity contribution in [2.24, 2.45) is 0 Å². The van der Waals surface area contributed by atoms with Crippen LogP contribution < -0.4 is 4.74 Å². The molecule has 0 fully saturated rings. The molecule has 0 bridgehead atoms. The number of nitrogens with one attached hydrogen (secondary N) is 1. The molecule has 1 N–H and O–H groups in total. The van der Waals surface area contributed by atoms with Gasteiger partial charge in [-0.05, 0) is 30.5 Å². The zero-order chi connectivity index (χ0) is 14.5. The molecule has 0 aliphatic rings. The van der Waals surface area contributed by atoms with E-state index in [9.17, 15) is 0 Å². The molecule has 3 rings (SSSR count). The number of aromatic nitrogens is 3. The molecule has 6 heteroatoms. The summed E-state index contributed by atoms with van der Waals surface area (Å²) in [6, 6.07) is 12.1. The molecular weight excluding hydrogens is 302 g/mol. The average Bonchev–Trinajstić information content (AvgIpc) is 3.16. The predicted molar refractivity (Wildman–Crippen MR) is 87.1 cm³/mol. The van der Waals surface area contributed by atoms with Gasteiger partial charge in [0.15, 0.2) is 5.82 Å². The maximum Gasteiger partial charge on any atom is 0.208 e. The lowest BCUT2D eigenvalue weighted by atomic mass is 10.2. The van der Waals surface area contributed by atoms with Crippen molar-refractivity contribution < 1.29 is 4.74 Å². The first-order chi connectivity index (χ1) is 10.3. The van der Waals surface area contributed by atoms with Gasteiger partial charge in [-0.25, -0.2) is 4.98 Å². The van der Waals surface area contributed by atoms with Crippen molar-refractivity contribution in [3.05, 3.63) is 47.3 Å². The van der Waals surface area contributed by atoms with Crippen LogP contribution >= 0.6 is 23.1 Å². The topological polar surface area (TPSA) is 50.8 Å². The summed E-state index contributed by atoms with van der Waals surface area (Å²) in [5.41, 5.74) is 1.23. The second kappa shape index (κ2) is 6.78. The van der Waals surface area contributed by atoms with E-state index >= 15 is 0 Å². The first kappa shape index (κ1) is 14.2. The molecule has 4 nitrogen and oxygen atoms in total. The maximum absolute atomic E-state index is 5.68. The summed E-state index contributed by atoms with van der Waals surface area (Å²) in [6.45, 7) is 2.70. The van der Waals surface area contributed by atoms with Crippen LogP contribution in [-0.2, 0) is 0 Å². The van der Waals surface area contributed by atoms with Gasteiger partial charge in [0.2, 0.25) is 5.16 Å². The molecule has 0 radical (unpaired) electrons. The van der Waals surface area contributed by atoms with Crippen LogP contribution in [0.5, 0.6) is 5.75 Å². The van der Waals surface area contributed by atoms with Gasteiger partial charge in [-0.2, -0.15) is 0 Å². The summed E-state index contributed by atoms with van der Waals surface area (Å²) in [5, 5.41) is 9.95. The highest BCUT2D eigenvalue weighted by atomic mass is 32.2. The smallest absolute Gasteiger partial charge is 0.208 e. The van der Waals surface area contributed by atoms with E-state index in [1.807, 2.05) is 41.8 Å². The third kappa shape index (κ3) is 3.86. The first-order valence-electron chi connectivity index (χ1n) is 6.60. The summed E-state index contributed by atoms with van der Waals surface area (Å²) >= 11 is 3.24. The van der Waals surface area contributed by atoms with Gasteiger partial charge in [-0.1, -0.05) is 35.5 Å². The van der Waals surface area contributed by atoms with E-state index in [-0.39, 0.29) is 0 Å². The molecular formula is C15H15N3OS2. The maximum atomic E-state index is 5.68.